The summed E-state index contributed by atoms with van der Waals surface area (Å²) >= 11 is 5.81. The molecule has 3 aromatic rings. The first-order chi connectivity index (χ1) is 12.1. The van der Waals surface area contributed by atoms with Crippen molar-refractivity contribution in [2.45, 2.75) is 13.5 Å². The minimum absolute atomic E-state index is 0.0554. The molecule has 0 saturated carbocycles. The van der Waals surface area contributed by atoms with Gasteiger partial charge in [0.25, 0.3) is 5.91 Å². The topological polar surface area (TPSA) is 69.0 Å². The molecule has 0 bridgehead atoms. The van der Waals surface area contributed by atoms with Gasteiger partial charge < -0.3 is 10.1 Å². The highest BCUT2D eigenvalue weighted by Crippen LogP contribution is 2.15. The normalized spacial score (nSPS) is 10.5. The zero-order valence-electron chi connectivity index (χ0n) is 13.6. The Morgan fingerprint density at radius 3 is 2.72 bits per heavy atom. The molecule has 0 unspecified atom stereocenters. The second kappa shape index (κ2) is 7.81. The fourth-order valence-corrected chi connectivity index (χ4v) is 2.38. The van der Waals surface area contributed by atoms with Crippen LogP contribution in [0.5, 0.6) is 5.75 Å². The molecule has 3 rings (SSSR count). The SMILES string of the molecule is Cc1nccn1-c1cc(CNC(=O)COc2ccc(Cl)cc2)ccn1. The lowest BCUT2D eigenvalue weighted by atomic mass is 10.2. The molecule has 0 saturated heterocycles. The van der Waals surface area contributed by atoms with E-state index in [1.807, 2.05) is 29.8 Å². The third-order valence-corrected chi connectivity index (χ3v) is 3.81. The molecule has 0 spiro atoms. The third kappa shape index (κ3) is 4.58. The monoisotopic (exact) mass is 356 g/mol. The molecule has 128 valence electrons. The third-order valence-electron chi connectivity index (χ3n) is 3.56. The van der Waals surface area contributed by atoms with Gasteiger partial charge in [-0.1, -0.05) is 11.6 Å². The molecule has 25 heavy (non-hydrogen) atoms. The molecule has 2 aromatic heterocycles. The molecule has 1 amide bonds. The van der Waals surface area contributed by atoms with Crippen molar-refractivity contribution in [3.63, 3.8) is 0 Å². The number of amides is 1. The van der Waals surface area contributed by atoms with Gasteiger partial charge in [-0.05, 0) is 48.9 Å². The van der Waals surface area contributed by atoms with E-state index < -0.39 is 0 Å². The number of halogens is 1. The number of hydrogen-bond donors (Lipinski definition) is 1. The van der Waals surface area contributed by atoms with E-state index in [1.54, 1.807) is 36.7 Å². The lowest BCUT2D eigenvalue weighted by Crippen LogP contribution is -2.28. The van der Waals surface area contributed by atoms with Crippen LogP contribution in [0.1, 0.15) is 11.4 Å². The van der Waals surface area contributed by atoms with Gasteiger partial charge in [0.05, 0.1) is 0 Å². The van der Waals surface area contributed by atoms with Crippen LogP contribution in [0.4, 0.5) is 0 Å². The Balaban J connectivity index is 1.54. The van der Waals surface area contributed by atoms with Gasteiger partial charge in [-0.2, -0.15) is 0 Å². The van der Waals surface area contributed by atoms with Crippen molar-refractivity contribution in [1.29, 1.82) is 0 Å². The number of aromatic nitrogens is 3. The summed E-state index contributed by atoms with van der Waals surface area (Å²) in [5.41, 5.74) is 0.943. The fourth-order valence-electron chi connectivity index (χ4n) is 2.25. The molecule has 0 atom stereocenters. The Labute approximate surface area is 150 Å². The van der Waals surface area contributed by atoms with Crippen molar-refractivity contribution in [3.8, 4) is 11.6 Å². The highest BCUT2D eigenvalue weighted by molar-refractivity contribution is 6.30. The number of aryl methyl sites for hydroxylation is 1. The lowest BCUT2D eigenvalue weighted by Gasteiger charge is -2.09. The van der Waals surface area contributed by atoms with E-state index in [0.29, 0.717) is 17.3 Å². The van der Waals surface area contributed by atoms with Crippen LogP contribution in [0.15, 0.2) is 55.0 Å². The van der Waals surface area contributed by atoms with E-state index in [0.717, 1.165) is 17.2 Å². The van der Waals surface area contributed by atoms with Gasteiger partial charge in [0.2, 0.25) is 0 Å². The molecule has 6 nitrogen and oxygen atoms in total. The molecular formula is C18H17ClN4O2. The predicted molar refractivity (Wildman–Crippen MR) is 94.9 cm³/mol. The Hall–Kier alpha value is -2.86. The maximum Gasteiger partial charge on any atom is 0.258 e. The van der Waals surface area contributed by atoms with Gasteiger partial charge in [-0.3, -0.25) is 9.36 Å². The molecule has 7 heteroatoms. The summed E-state index contributed by atoms with van der Waals surface area (Å²) in [6.07, 6.45) is 5.28. The van der Waals surface area contributed by atoms with Crippen molar-refractivity contribution in [2.75, 3.05) is 6.61 Å². The Morgan fingerprint density at radius 1 is 1.20 bits per heavy atom. The van der Waals surface area contributed by atoms with Crippen LogP contribution in [0, 0.1) is 6.92 Å². The van der Waals surface area contributed by atoms with Crippen LogP contribution in [0.3, 0.4) is 0 Å². The molecular weight excluding hydrogens is 340 g/mol. The van der Waals surface area contributed by atoms with E-state index in [4.69, 9.17) is 16.3 Å². The zero-order chi connectivity index (χ0) is 17.6. The van der Waals surface area contributed by atoms with E-state index in [2.05, 4.69) is 15.3 Å². The molecule has 1 aromatic carbocycles. The molecule has 0 radical (unpaired) electrons. The van der Waals surface area contributed by atoms with Crippen molar-refractivity contribution >= 4 is 17.5 Å². The van der Waals surface area contributed by atoms with Gasteiger partial charge in [0.1, 0.15) is 17.4 Å². The summed E-state index contributed by atoms with van der Waals surface area (Å²) in [4.78, 5) is 20.4. The van der Waals surface area contributed by atoms with Crippen LogP contribution in [0.2, 0.25) is 5.02 Å². The van der Waals surface area contributed by atoms with Gasteiger partial charge >= 0.3 is 0 Å². The minimum atomic E-state index is -0.202. The van der Waals surface area contributed by atoms with Crippen molar-refractivity contribution in [3.05, 3.63) is 71.4 Å². The number of ether oxygens (including phenoxy) is 1. The zero-order valence-corrected chi connectivity index (χ0v) is 14.4. The quantitative estimate of drug-likeness (QED) is 0.737. The number of nitrogens with zero attached hydrogens (tertiary/aromatic N) is 3. The summed E-state index contributed by atoms with van der Waals surface area (Å²) in [7, 11) is 0. The average molecular weight is 357 g/mol. The number of pyridine rings is 1. The van der Waals surface area contributed by atoms with E-state index in [-0.39, 0.29) is 12.5 Å². The van der Waals surface area contributed by atoms with Crippen LogP contribution < -0.4 is 10.1 Å². The molecule has 0 aliphatic carbocycles. The van der Waals surface area contributed by atoms with E-state index >= 15 is 0 Å². The average Bonchev–Trinajstić information content (AvgIpc) is 3.06. The number of nitrogens with one attached hydrogen (secondary N) is 1. The van der Waals surface area contributed by atoms with E-state index in [9.17, 15) is 4.79 Å². The molecule has 0 fully saturated rings. The predicted octanol–water partition coefficient (Wildman–Crippen LogP) is 2.92. The van der Waals surface area contributed by atoms with Crippen LogP contribution in [-0.2, 0) is 11.3 Å². The van der Waals surface area contributed by atoms with Crippen molar-refractivity contribution in [1.82, 2.24) is 19.9 Å². The smallest absolute Gasteiger partial charge is 0.258 e. The first kappa shape index (κ1) is 17.0. The van der Waals surface area contributed by atoms with E-state index in [1.165, 1.54) is 0 Å². The summed E-state index contributed by atoms with van der Waals surface area (Å²) in [5.74, 6) is 2.01. The minimum Gasteiger partial charge on any atom is -0.484 e. The number of rotatable bonds is 6. The largest absolute Gasteiger partial charge is 0.484 e. The van der Waals surface area contributed by atoms with Gasteiger partial charge in [0, 0.05) is 30.2 Å². The number of benzene rings is 1. The Morgan fingerprint density at radius 2 is 2.00 bits per heavy atom. The van der Waals surface area contributed by atoms with Crippen LogP contribution >= 0.6 is 11.6 Å². The molecule has 2 heterocycles. The summed E-state index contributed by atoms with van der Waals surface area (Å²) in [6.45, 7) is 2.25. The van der Waals surface area contributed by atoms with Crippen LogP contribution in [-0.4, -0.2) is 27.0 Å². The van der Waals surface area contributed by atoms with Crippen molar-refractivity contribution in [2.24, 2.45) is 0 Å². The highest BCUT2D eigenvalue weighted by atomic mass is 35.5. The number of carbonyl (C=O) groups is 1. The number of hydrogen-bond acceptors (Lipinski definition) is 4. The molecule has 1 N–H and O–H groups in total. The summed E-state index contributed by atoms with van der Waals surface area (Å²) < 4.78 is 7.30. The van der Waals surface area contributed by atoms with Gasteiger partial charge in [-0.15, -0.1) is 0 Å². The first-order valence-corrected chi connectivity index (χ1v) is 8.10. The standard InChI is InChI=1S/C18H17ClN4O2/c1-13-20-8-9-23(13)17-10-14(6-7-21-17)11-22-18(24)12-25-16-4-2-15(19)3-5-16/h2-10H,11-12H2,1H3,(H,22,24). The number of carbonyl (C=O) groups excluding carboxylic acids is 1. The van der Waals surface area contributed by atoms with Gasteiger partial charge in [-0.25, -0.2) is 9.97 Å². The highest BCUT2D eigenvalue weighted by Gasteiger charge is 2.06. The second-order valence-electron chi connectivity index (χ2n) is 5.39. The maximum absolute atomic E-state index is 11.9. The first-order valence-electron chi connectivity index (χ1n) is 7.72. The number of imidazole rings is 1. The molecule has 0 aliphatic rings. The summed E-state index contributed by atoms with van der Waals surface area (Å²) in [5, 5.41) is 3.45. The van der Waals surface area contributed by atoms with Gasteiger partial charge in [0.15, 0.2) is 6.61 Å². The molecule has 0 aliphatic heterocycles. The van der Waals surface area contributed by atoms with Crippen molar-refractivity contribution < 1.29 is 9.53 Å². The fraction of sp³-hybridized carbons (Fsp3) is 0.167. The second-order valence-corrected chi connectivity index (χ2v) is 5.82. The maximum atomic E-state index is 11.9. The lowest BCUT2D eigenvalue weighted by molar-refractivity contribution is -0.123. The Bertz CT molecular complexity index is 862. The Kier molecular flexibility index (Phi) is 5.30. The summed E-state index contributed by atoms with van der Waals surface area (Å²) in [6, 6.07) is 10.6. The van der Waals surface area contributed by atoms with Crippen LogP contribution in [0.25, 0.3) is 5.82 Å².